The largest absolute Gasteiger partial charge is 0.497 e. The van der Waals surface area contributed by atoms with Gasteiger partial charge in [-0.15, -0.1) is 0 Å². The van der Waals surface area contributed by atoms with Crippen molar-refractivity contribution in [3.8, 4) is 5.75 Å². The summed E-state index contributed by atoms with van der Waals surface area (Å²) in [5, 5.41) is 4.67. The van der Waals surface area contributed by atoms with E-state index in [1.165, 1.54) is 23.6 Å². The van der Waals surface area contributed by atoms with Crippen LogP contribution in [0.2, 0.25) is 0 Å². The highest BCUT2D eigenvalue weighted by molar-refractivity contribution is 7.09. The molecule has 2 aliphatic rings. The second kappa shape index (κ2) is 10.2. The molecule has 9 heteroatoms. The van der Waals surface area contributed by atoms with Gasteiger partial charge in [-0.25, -0.2) is 4.98 Å². The van der Waals surface area contributed by atoms with E-state index in [1.54, 1.807) is 7.11 Å². The van der Waals surface area contributed by atoms with E-state index in [-0.39, 0.29) is 0 Å². The maximum Gasteiger partial charge on any atom is 0.205 e. The van der Waals surface area contributed by atoms with Crippen LogP contribution in [0.3, 0.4) is 0 Å². The molecule has 1 unspecified atom stereocenters. The van der Waals surface area contributed by atoms with Crippen molar-refractivity contribution in [1.82, 2.24) is 19.6 Å². The molecule has 0 bridgehead atoms. The third-order valence-electron chi connectivity index (χ3n) is 6.09. The smallest absolute Gasteiger partial charge is 0.205 e. The Balaban J connectivity index is 1.25. The molecule has 1 atom stereocenters. The molecule has 2 aliphatic heterocycles. The summed E-state index contributed by atoms with van der Waals surface area (Å²) in [5.41, 5.74) is 1.24. The van der Waals surface area contributed by atoms with E-state index >= 15 is 0 Å². The third-order valence-corrected chi connectivity index (χ3v) is 6.90. The Morgan fingerprint density at radius 3 is 2.77 bits per heavy atom. The van der Waals surface area contributed by atoms with Crippen LogP contribution in [-0.4, -0.2) is 80.2 Å². The fourth-order valence-corrected chi connectivity index (χ4v) is 5.04. The molecule has 2 aromatic rings. The summed E-state index contributed by atoms with van der Waals surface area (Å²) in [6.07, 6.45) is 2.08. The number of hydrogen-bond acceptors (Lipinski definition) is 7. The summed E-state index contributed by atoms with van der Waals surface area (Å²) in [6.45, 7) is 8.98. The predicted octanol–water partition coefficient (Wildman–Crippen LogP) is 2.33. The van der Waals surface area contributed by atoms with Crippen LogP contribution in [0.15, 0.2) is 29.3 Å². The lowest BCUT2D eigenvalue weighted by Gasteiger charge is -2.36. The van der Waals surface area contributed by atoms with Crippen molar-refractivity contribution < 1.29 is 4.74 Å². The van der Waals surface area contributed by atoms with Crippen LogP contribution in [-0.2, 0) is 6.42 Å². The zero-order valence-electron chi connectivity index (χ0n) is 18.8. The standard InChI is InChI=1S/C22H33N7OS/c1-4-20-25-22(31-26-20)28-12-10-27(11-13-28)21(23-2)24-15-17-8-9-29(16-17)18-6-5-7-19(14-18)30-3/h5-7,14,17H,4,8-13,15-16H2,1-3H3,(H,23,24). The number of nitrogens with zero attached hydrogens (tertiary/aromatic N) is 6. The molecule has 0 spiro atoms. The molecule has 1 aromatic carbocycles. The van der Waals surface area contributed by atoms with Gasteiger partial charge in [0.1, 0.15) is 11.6 Å². The van der Waals surface area contributed by atoms with Crippen LogP contribution in [0.1, 0.15) is 19.2 Å². The molecule has 2 fully saturated rings. The Morgan fingerprint density at radius 2 is 2.06 bits per heavy atom. The second-order valence-electron chi connectivity index (χ2n) is 8.05. The van der Waals surface area contributed by atoms with Crippen molar-refractivity contribution in [1.29, 1.82) is 0 Å². The van der Waals surface area contributed by atoms with E-state index in [9.17, 15) is 0 Å². The average Bonchev–Trinajstić information content (AvgIpc) is 3.50. The van der Waals surface area contributed by atoms with Gasteiger partial charge in [0.15, 0.2) is 5.96 Å². The Kier molecular flexibility index (Phi) is 7.11. The molecular weight excluding hydrogens is 410 g/mol. The van der Waals surface area contributed by atoms with Gasteiger partial charge in [0.2, 0.25) is 5.13 Å². The fourth-order valence-electron chi connectivity index (χ4n) is 4.24. The topological polar surface area (TPSA) is 69.1 Å². The van der Waals surface area contributed by atoms with Gasteiger partial charge in [0, 0.05) is 82.6 Å². The lowest BCUT2D eigenvalue weighted by atomic mass is 10.1. The van der Waals surface area contributed by atoms with Crippen LogP contribution >= 0.6 is 11.5 Å². The number of hydrogen-bond donors (Lipinski definition) is 1. The lowest BCUT2D eigenvalue weighted by Crippen LogP contribution is -2.53. The van der Waals surface area contributed by atoms with E-state index in [2.05, 4.69) is 59.5 Å². The molecule has 0 amide bonds. The van der Waals surface area contributed by atoms with E-state index in [0.717, 1.165) is 74.9 Å². The Bertz CT molecular complexity index is 878. The van der Waals surface area contributed by atoms with Gasteiger partial charge in [-0.1, -0.05) is 13.0 Å². The lowest BCUT2D eigenvalue weighted by molar-refractivity contribution is 0.369. The van der Waals surface area contributed by atoms with Gasteiger partial charge in [-0.3, -0.25) is 4.99 Å². The molecule has 8 nitrogen and oxygen atoms in total. The summed E-state index contributed by atoms with van der Waals surface area (Å²) >= 11 is 1.51. The minimum atomic E-state index is 0.609. The number of piperazine rings is 1. The summed E-state index contributed by atoms with van der Waals surface area (Å²) < 4.78 is 9.79. The predicted molar refractivity (Wildman–Crippen MR) is 128 cm³/mol. The maximum absolute atomic E-state index is 5.37. The first-order valence-electron chi connectivity index (χ1n) is 11.1. The molecule has 1 aromatic heterocycles. The number of nitrogens with one attached hydrogen (secondary N) is 1. The van der Waals surface area contributed by atoms with E-state index < -0.39 is 0 Å². The summed E-state index contributed by atoms with van der Waals surface area (Å²) in [6, 6.07) is 8.34. The number of aliphatic imine (C=N–C) groups is 1. The van der Waals surface area contributed by atoms with Gasteiger partial charge < -0.3 is 24.8 Å². The minimum absolute atomic E-state index is 0.609. The van der Waals surface area contributed by atoms with Gasteiger partial charge in [0.25, 0.3) is 0 Å². The van der Waals surface area contributed by atoms with Gasteiger partial charge in [-0.05, 0) is 24.5 Å². The molecule has 4 rings (SSSR count). The number of ether oxygens (including phenoxy) is 1. The van der Waals surface area contributed by atoms with Crippen molar-refractivity contribution >= 4 is 28.3 Å². The van der Waals surface area contributed by atoms with Crippen molar-refractivity contribution in [3.63, 3.8) is 0 Å². The Morgan fingerprint density at radius 1 is 1.23 bits per heavy atom. The molecule has 0 saturated carbocycles. The zero-order chi connectivity index (χ0) is 21.6. The van der Waals surface area contributed by atoms with Crippen molar-refractivity contribution in [2.24, 2.45) is 10.9 Å². The van der Waals surface area contributed by atoms with Crippen LogP contribution in [0.25, 0.3) is 0 Å². The molecule has 0 aliphatic carbocycles. The molecule has 168 valence electrons. The highest BCUT2D eigenvalue weighted by atomic mass is 32.1. The van der Waals surface area contributed by atoms with Crippen molar-refractivity contribution in [3.05, 3.63) is 30.1 Å². The first-order valence-corrected chi connectivity index (χ1v) is 11.9. The number of aromatic nitrogens is 2. The molecule has 1 N–H and O–H groups in total. The van der Waals surface area contributed by atoms with E-state index in [0.29, 0.717) is 5.92 Å². The normalized spacial score (nSPS) is 19.8. The van der Waals surface area contributed by atoms with Crippen molar-refractivity contribution in [2.75, 3.05) is 69.8 Å². The van der Waals surface area contributed by atoms with E-state index in [1.807, 2.05) is 13.1 Å². The highest BCUT2D eigenvalue weighted by Gasteiger charge is 2.25. The number of methoxy groups -OCH3 is 1. The fraction of sp³-hybridized carbons (Fsp3) is 0.591. The van der Waals surface area contributed by atoms with Gasteiger partial charge >= 0.3 is 0 Å². The number of anilines is 2. The number of benzene rings is 1. The highest BCUT2D eigenvalue weighted by Crippen LogP contribution is 2.26. The minimum Gasteiger partial charge on any atom is -0.497 e. The van der Waals surface area contributed by atoms with Crippen LogP contribution in [0.4, 0.5) is 10.8 Å². The molecule has 0 radical (unpaired) electrons. The molecule has 31 heavy (non-hydrogen) atoms. The number of guanidine groups is 1. The average molecular weight is 444 g/mol. The zero-order valence-corrected chi connectivity index (χ0v) is 19.6. The van der Waals surface area contributed by atoms with Crippen LogP contribution in [0.5, 0.6) is 5.75 Å². The summed E-state index contributed by atoms with van der Waals surface area (Å²) in [7, 11) is 3.60. The Labute approximate surface area is 189 Å². The molecular formula is C22H33N7OS. The van der Waals surface area contributed by atoms with Crippen molar-refractivity contribution in [2.45, 2.75) is 19.8 Å². The summed E-state index contributed by atoms with van der Waals surface area (Å²) in [5.74, 6) is 3.47. The van der Waals surface area contributed by atoms with Gasteiger partial charge in [-0.2, -0.15) is 4.37 Å². The van der Waals surface area contributed by atoms with Crippen LogP contribution < -0.4 is 19.9 Å². The quantitative estimate of drug-likeness (QED) is 0.543. The third kappa shape index (κ3) is 5.20. The molecule has 2 saturated heterocycles. The monoisotopic (exact) mass is 443 g/mol. The first-order chi connectivity index (χ1) is 15.2. The SMILES string of the molecule is CCc1nsc(N2CCN(C(=NC)NCC3CCN(c4cccc(OC)c4)C3)CC2)n1. The van der Waals surface area contributed by atoms with Gasteiger partial charge in [0.05, 0.1) is 7.11 Å². The van der Waals surface area contributed by atoms with E-state index in [4.69, 9.17) is 4.74 Å². The molecule has 3 heterocycles. The number of rotatable bonds is 6. The van der Waals surface area contributed by atoms with Crippen LogP contribution in [0, 0.1) is 5.92 Å². The Hall–Kier alpha value is -2.55. The second-order valence-corrected chi connectivity index (χ2v) is 8.78. The number of aryl methyl sites for hydroxylation is 1. The first kappa shape index (κ1) is 21.7. The summed E-state index contributed by atoms with van der Waals surface area (Å²) in [4.78, 5) is 16.3. The maximum atomic E-state index is 5.37.